The highest BCUT2D eigenvalue weighted by molar-refractivity contribution is 6.47. The van der Waals surface area contributed by atoms with Gasteiger partial charge < -0.3 is 10.1 Å². The van der Waals surface area contributed by atoms with E-state index in [1.807, 2.05) is 97.9 Å². The summed E-state index contributed by atoms with van der Waals surface area (Å²) in [7, 11) is 0. The number of carbonyl (C=O) groups is 2. The van der Waals surface area contributed by atoms with Crippen molar-refractivity contribution < 1.29 is 14.3 Å². The fourth-order valence-electron chi connectivity index (χ4n) is 4.09. The molecule has 0 aromatic heterocycles. The van der Waals surface area contributed by atoms with Gasteiger partial charge >= 0.3 is 0 Å². The molecule has 4 aromatic rings. The van der Waals surface area contributed by atoms with Gasteiger partial charge in [-0.25, -0.2) is 4.90 Å². The van der Waals surface area contributed by atoms with Crippen molar-refractivity contribution in [3.05, 3.63) is 108 Å². The van der Waals surface area contributed by atoms with Crippen LogP contribution >= 0.6 is 0 Å². The second kappa shape index (κ2) is 8.63. The lowest BCUT2D eigenvalue weighted by molar-refractivity contribution is -0.120. The second-order valence-electron chi connectivity index (χ2n) is 7.64. The first-order chi connectivity index (χ1) is 16.2. The largest absolute Gasteiger partial charge is 0.494 e. The Kier molecular flexibility index (Phi) is 5.37. The highest BCUT2D eigenvalue weighted by Gasteiger charge is 2.40. The Hall–Kier alpha value is -4.38. The molecule has 0 bridgehead atoms. The van der Waals surface area contributed by atoms with E-state index in [1.165, 1.54) is 4.90 Å². The molecule has 0 unspecified atom stereocenters. The van der Waals surface area contributed by atoms with Crippen molar-refractivity contribution in [3.63, 3.8) is 0 Å². The number of carbonyl (C=O) groups excluding carboxylic acids is 2. The predicted molar refractivity (Wildman–Crippen MR) is 131 cm³/mol. The molecule has 33 heavy (non-hydrogen) atoms. The van der Waals surface area contributed by atoms with Crippen LogP contribution in [0.25, 0.3) is 16.3 Å². The lowest BCUT2D eigenvalue weighted by Crippen LogP contribution is -2.32. The number of nitrogens with zero attached hydrogens (tertiary/aromatic N) is 1. The lowest BCUT2D eigenvalue weighted by atomic mass is 10.0. The Morgan fingerprint density at radius 2 is 1.45 bits per heavy atom. The van der Waals surface area contributed by atoms with Crippen molar-refractivity contribution in [2.24, 2.45) is 0 Å². The van der Waals surface area contributed by atoms with Crippen molar-refractivity contribution in [1.29, 1.82) is 0 Å². The molecule has 2 amide bonds. The molecule has 0 fully saturated rings. The van der Waals surface area contributed by atoms with E-state index < -0.39 is 0 Å². The smallest absolute Gasteiger partial charge is 0.282 e. The Morgan fingerprint density at radius 3 is 2.21 bits per heavy atom. The maximum absolute atomic E-state index is 13.7. The monoisotopic (exact) mass is 434 g/mol. The summed E-state index contributed by atoms with van der Waals surface area (Å²) >= 11 is 0. The zero-order valence-electron chi connectivity index (χ0n) is 18.1. The molecule has 5 heteroatoms. The third-order valence-corrected chi connectivity index (χ3v) is 5.59. The molecule has 0 saturated heterocycles. The number of nitrogens with one attached hydrogen (secondary N) is 1. The molecule has 1 aliphatic rings. The number of anilines is 2. The van der Waals surface area contributed by atoms with Crippen LogP contribution in [0.2, 0.25) is 0 Å². The van der Waals surface area contributed by atoms with E-state index in [9.17, 15) is 9.59 Å². The molecular weight excluding hydrogens is 412 g/mol. The van der Waals surface area contributed by atoms with E-state index in [0.717, 1.165) is 16.5 Å². The normalized spacial score (nSPS) is 13.7. The maximum Gasteiger partial charge on any atom is 0.282 e. The molecular formula is C28H22N2O3. The number of hydrogen-bond donors (Lipinski definition) is 1. The first kappa shape index (κ1) is 20.5. The fourth-order valence-corrected chi connectivity index (χ4v) is 4.09. The summed E-state index contributed by atoms with van der Waals surface area (Å²) in [6.07, 6.45) is 0. The van der Waals surface area contributed by atoms with Gasteiger partial charge in [-0.3, -0.25) is 9.59 Å². The van der Waals surface area contributed by atoms with Gasteiger partial charge in [0.2, 0.25) is 0 Å². The first-order valence-corrected chi connectivity index (χ1v) is 10.8. The van der Waals surface area contributed by atoms with Crippen molar-refractivity contribution in [2.45, 2.75) is 6.92 Å². The van der Waals surface area contributed by atoms with Gasteiger partial charge in [0.05, 0.1) is 17.9 Å². The Labute approximate surface area is 191 Å². The van der Waals surface area contributed by atoms with Crippen LogP contribution in [0.15, 0.2) is 103 Å². The van der Waals surface area contributed by atoms with E-state index in [-0.39, 0.29) is 17.5 Å². The highest BCUT2D eigenvalue weighted by Crippen LogP contribution is 2.37. The van der Waals surface area contributed by atoms with Crippen molar-refractivity contribution in [1.82, 2.24) is 0 Å². The second-order valence-corrected chi connectivity index (χ2v) is 7.64. The average Bonchev–Trinajstić information content (AvgIpc) is 3.09. The van der Waals surface area contributed by atoms with Crippen LogP contribution in [0.5, 0.6) is 5.75 Å². The molecule has 0 spiro atoms. The van der Waals surface area contributed by atoms with Crippen LogP contribution in [0.4, 0.5) is 11.4 Å². The summed E-state index contributed by atoms with van der Waals surface area (Å²) in [4.78, 5) is 28.6. The molecule has 162 valence electrons. The summed E-state index contributed by atoms with van der Waals surface area (Å²) in [5.41, 5.74) is 2.56. The van der Waals surface area contributed by atoms with Crippen molar-refractivity contribution in [3.8, 4) is 5.75 Å². The van der Waals surface area contributed by atoms with Gasteiger partial charge in [0.25, 0.3) is 11.8 Å². The van der Waals surface area contributed by atoms with Gasteiger partial charge in [-0.05, 0) is 48.2 Å². The topological polar surface area (TPSA) is 58.6 Å². The van der Waals surface area contributed by atoms with Crippen LogP contribution in [0.3, 0.4) is 0 Å². The minimum absolute atomic E-state index is 0.253. The van der Waals surface area contributed by atoms with E-state index in [4.69, 9.17) is 4.74 Å². The molecule has 1 heterocycles. The molecule has 0 saturated carbocycles. The van der Waals surface area contributed by atoms with E-state index >= 15 is 0 Å². The third kappa shape index (κ3) is 3.74. The fraction of sp³-hybridized carbons (Fsp3) is 0.0714. The van der Waals surface area contributed by atoms with Crippen LogP contribution in [-0.4, -0.2) is 18.4 Å². The van der Waals surface area contributed by atoms with Crippen LogP contribution in [0.1, 0.15) is 12.5 Å². The standard InChI is InChI=1S/C28H22N2O3/c1-2-33-22-17-15-21(16-18-22)29-26-25(20-10-4-3-5-11-20)27(31)30(28(26)32)24-14-8-12-19-9-6-7-13-23(19)24/h3-18,29H,2H2,1H3. The molecule has 5 rings (SSSR count). The van der Waals surface area contributed by atoms with E-state index in [2.05, 4.69) is 5.32 Å². The van der Waals surface area contributed by atoms with Crippen molar-refractivity contribution >= 4 is 39.5 Å². The number of amides is 2. The number of ether oxygens (including phenoxy) is 1. The first-order valence-electron chi connectivity index (χ1n) is 10.8. The molecule has 4 aromatic carbocycles. The number of benzene rings is 4. The molecule has 1 aliphatic heterocycles. The van der Waals surface area contributed by atoms with E-state index in [1.54, 1.807) is 6.07 Å². The SMILES string of the molecule is CCOc1ccc(NC2=C(c3ccccc3)C(=O)N(c3cccc4ccccc34)C2=O)cc1. The number of hydrogen-bond acceptors (Lipinski definition) is 4. The van der Waals surface area contributed by atoms with Gasteiger partial charge in [-0.2, -0.15) is 0 Å². The van der Waals surface area contributed by atoms with Gasteiger partial charge in [-0.1, -0.05) is 66.7 Å². The Morgan fingerprint density at radius 1 is 0.758 bits per heavy atom. The van der Waals surface area contributed by atoms with Gasteiger partial charge in [0, 0.05) is 11.1 Å². The summed E-state index contributed by atoms with van der Waals surface area (Å²) < 4.78 is 5.51. The lowest BCUT2D eigenvalue weighted by Gasteiger charge is -2.18. The Balaban J connectivity index is 1.60. The minimum atomic E-state index is -0.385. The minimum Gasteiger partial charge on any atom is -0.494 e. The number of fused-ring (bicyclic) bond motifs is 1. The summed E-state index contributed by atoms with van der Waals surface area (Å²) in [6.45, 7) is 2.50. The Bertz CT molecular complexity index is 1370. The zero-order valence-corrected chi connectivity index (χ0v) is 18.1. The molecule has 0 atom stereocenters. The molecule has 0 radical (unpaired) electrons. The molecule has 0 aliphatic carbocycles. The van der Waals surface area contributed by atoms with Crippen LogP contribution in [0, 0.1) is 0 Å². The van der Waals surface area contributed by atoms with Gasteiger partial charge in [0.15, 0.2) is 0 Å². The summed E-state index contributed by atoms with van der Waals surface area (Å²) in [5, 5.41) is 5.01. The zero-order chi connectivity index (χ0) is 22.8. The third-order valence-electron chi connectivity index (χ3n) is 5.59. The average molecular weight is 434 g/mol. The highest BCUT2D eigenvalue weighted by atomic mass is 16.5. The van der Waals surface area contributed by atoms with Gasteiger partial charge in [-0.15, -0.1) is 0 Å². The molecule has 1 N–H and O–H groups in total. The number of imide groups is 1. The predicted octanol–water partition coefficient (Wildman–Crippen LogP) is 5.64. The summed E-state index contributed by atoms with van der Waals surface area (Å²) in [5.74, 6) is 0.00611. The van der Waals surface area contributed by atoms with E-state index in [0.29, 0.717) is 29.1 Å². The van der Waals surface area contributed by atoms with Crippen molar-refractivity contribution in [2.75, 3.05) is 16.8 Å². The molecule has 5 nitrogen and oxygen atoms in total. The number of rotatable bonds is 6. The van der Waals surface area contributed by atoms with Gasteiger partial charge in [0.1, 0.15) is 11.4 Å². The maximum atomic E-state index is 13.7. The quantitative estimate of drug-likeness (QED) is 0.399. The van der Waals surface area contributed by atoms with Crippen LogP contribution in [-0.2, 0) is 9.59 Å². The summed E-state index contributed by atoms with van der Waals surface area (Å²) in [6, 6.07) is 30.0. The van der Waals surface area contributed by atoms with Crippen LogP contribution < -0.4 is 15.0 Å².